The minimum atomic E-state index is -1.43. The number of carbonyl (C=O) groups is 8. The van der Waals surface area contributed by atoms with Crippen molar-refractivity contribution in [1.29, 1.82) is 0 Å². The van der Waals surface area contributed by atoms with Gasteiger partial charge in [0.05, 0.1) is 6.04 Å². The molecule has 0 aliphatic carbocycles. The Kier molecular flexibility index (Phi) is 22.3. The van der Waals surface area contributed by atoms with E-state index in [4.69, 9.17) is 29.4 Å². The van der Waals surface area contributed by atoms with E-state index in [-0.39, 0.29) is 45.1 Å². The van der Waals surface area contributed by atoms with Crippen LogP contribution in [-0.2, 0) is 57.2 Å². The Morgan fingerprint density at radius 1 is 0.450 bits per heavy atom. The molecule has 0 fully saturated rings. The number of unbranched alkanes of at least 4 members (excludes halogenated alkanes) is 1. The number of ether oxygens (including phenoxy) is 5. The maximum atomic E-state index is 13.9. The van der Waals surface area contributed by atoms with Gasteiger partial charge in [-0.25, -0.2) is 14.4 Å². The Hall–Kier alpha value is -4.48. The van der Waals surface area contributed by atoms with Gasteiger partial charge in [0, 0.05) is 25.8 Å². The van der Waals surface area contributed by atoms with E-state index in [1.807, 2.05) is 0 Å². The SMILES string of the molecule is CC(C)(C)OC(=O)CCC(NC(=O)CCC(NC(=O)C(N)CCCCNC(=O)OC(C)(C)C)C(=O)NC(CCC(=O)OC(C)(C)C)C(=O)OC(C)(C)C)C(=O)OC(C)(C)C. The van der Waals surface area contributed by atoms with Crippen LogP contribution in [0.15, 0.2) is 0 Å². The van der Waals surface area contributed by atoms with Crippen LogP contribution in [0.3, 0.4) is 0 Å². The van der Waals surface area contributed by atoms with Gasteiger partial charge in [-0.1, -0.05) is 0 Å². The van der Waals surface area contributed by atoms with Gasteiger partial charge in [0.2, 0.25) is 17.7 Å². The molecule has 0 rings (SSSR count). The molecule has 0 aromatic heterocycles. The summed E-state index contributed by atoms with van der Waals surface area (Å²) in [6.45, 7) is 25.4. The largest absolute Gasteiger partial charge is 0.460 e. The number of amides is 4. The predicted molar refractivity (Wildman–Crippen MR) is 223 cm³/mol. The number of nitrogens with two attached hydrogens (primary N) is 1. The molecule has 0 aliphatic rings. The molecule has 18 nitrogen and oxygen atoms in total. The van der Waals surface area contributed by atoms with Gasteiger partial charge in [0.1, 0.15) is 46.1 Å². The van der Waals surface area contributed by atoms with Crippen LogP contribution < -0.4 is 27.0 Å². The van der Waals surface area contributed by atoms with Crippen LogP contribution in [0.4, 0.5) is 4.79 Å². The Morgan fingerprint density at radius 3 is 1.25 bits per heavy atom. The molecule has 0 aliphatic heterocycles. The Bertz CT molecular complexity index is 1460. The zero-order valence-electron chi connectivity index (χ0n) is 38.8. The molecule has 4 amide bonds. The van der Waals surface area contributed by atoms with E-state index < -0.39 is 106 Å². The standard InChI is InChI=1S/C42H75N5O13/c1-38(2,3)56-31(49)23-20-28(35(53)58-40(7,8)9)45-30(48)22-19-27(46-33(51)26(43)18-16-17-25-44-37(55)60-42(13,14)15)34(52)47-29(36(54)59-41(10,11)12)21-24-32(50)57-39(4,5)6/h26-29H,16-25,43H2,1-15H3,(H,44,55)(H,45,48)(H,46,51)(H,47,52). The molecule has 0 heterocycles. The summed E-state index contributed by atoms with van der Waals surface area (Å²) in [5, 5.41) is 10.3. The first-order valence-electron chi connectivity index (χ1n) is 20.6. The fraction of sp³-hybridized carbons (Fsp3) is 0.810. The van der Waals surface area contributed by atoms with Crippen LogP contribution in [0.1, 0.15) is 162 Å². The van der Waals surface area contributed by atoms with Gasteiger partial charge in [-0.2, -0.15) is 0 Å². The molecule has 0 radical (unpaired) electrons. The summed E-state index contributed by atoms with van der Waals surface area (Å²) >= 11 is 0. The number of carbonyl (C=O) groups excluding carboxylic acids is 8. The maximum Gasteiger partial charge on any atom is 0.407 e. The number of hydrogen-bond donors (Lipinski definition) is 5. The molecule has 0 bridgehead atoms. The second-order valence-corrected chi connectivity index (χ2v) is 19.6. The first-order chi connectivity index (χ1) is 27.1. The van der Waals surface area contributed by atoms with Crippen molar-refractivity contribution < 1.29 is 62.0 Å². The van der Waals surface area contributed by atoms with E-state index >= 15 is 0 Å². The van der Waals surface area contributed by atoms with Crippen molar-refractivity contribution in [3.8, 4) is 0 Å². The van der Waals surface area contributed by atoms with Crippen molar-refractivity contribution in [2.45, 2.75) is 214 Å². The summed E-state index contributed by atoms with van der Waals surface area (Å²) in [7, 11) is 0. The van der Waals surface area contributed by atoms with Gasteiger partial charge in [-0.15, -0.1) is 0 Å². The lowest BCUT2D eigenvalue weighted by molar-refractivity contribution is -0.161. The third-order valence-corrected chi connectivity index (χ3v) is 7.39. The molecular formula is C42H75N5O13. The second-order valence-electron chi connectivity index (χ2n) is 19.6. The van der Waals surface area contributed by atoms with Crippen molar-refractivity contribution in [3.05, 3.63) is 0 Å². The molecular weight excluding hydrogens is 782 g/mol. The van der Waals surface area contributed by atoms with Crippen LogP contribution in [0.2, 0.25) is 0 Å². The number of alkyl carbamates (subject to hydrolysis) is 1. The molecule has 4 unspecified atom stereocenters. The van der Waals surface area contributed by atoms with Gasteiger partial charge in [0.25, 0.3) is 0 Å². The summed E-state index contributed by atoms with van der Waals surface area (Å²) in [5.41, 5.74) is 2.08. The lowest BCUT2D eigenvalue weighted by Crippen LogP contribution is -2.55. The highest BCUT2D eigenvalue weighted by Crippen LogP contribution is 2.17. The average molecular weight is 858 g/mol. The van der Waals surface area contributed by atoms with Crippen molar-refractivity contribution in [2.24, 2.45) is 5.73 Å². The number of esters is 4. The third-order valence-electron chi connectivity index (χ3n) is 7.39. The molecule has 0 saturated heterocycles. The van der Waals surface area contributed by atoms with Gasteiger partial charge in [-0.05, 0) is 142 Å². The fourth-order valence-corrected chi connectivity index (χ4v) is 5.04. The van der Waals surface area contributed by atoms with Gasteiger partial charge < -0.3 is 50.7 Å². The molecule has 18 heteroatoms. The normalized spacial score (nSPS) is 14.3. The number of hydrogen-bond acceptors (Lipinski definition) is 14. The molecule has 0 saturated carbocycles. The number of nitrogens with one attached hydrogen (secondary N) is 4. The lowest BCUT2D eigenvalue weighted by Gasteiger charge is -2.27. The van der Waals surface area contributed by atoms with Crippen LogP contribution >= 0.6 is 0 Å². The average Bonchev–Trinajstić information content (AvgIpc) is 3.02. The first-order valence-corrected chi connectivity index (χ1v) is 20.6. The zero-order chi connectivity index (χ0) is 46.9. The first kappa shape index (κ1) is 55.5. The smallest absolute Gasteiger partial charge is 0.407 e. The minimum absolute atomic E-state index is 0.145. The Morgan fingerprint density at radius 2 is 0.833 bits per heavy atom. The Balaban J connectivity index is 6.24. The van der Waals surface area contributed by atoms with Crippen LogP contribution in [-0.4, -0.2) is 106 Å². The van der Waals surface area contributed by atoms with Crippen LogP contribution in [0.5, 0.6) is 0 Å². The van der Waals surface area contributed by atoms with E-state index in [9.17, 15) is 38.4 Å². The summed E-state index contributed by atoms with van der Waals surface area (Å²) < 4.78 is 26.9. The quantitative estimate of drug-likeness (QED) is 0.0617. The van der Waals surface area contributed by atoms with Crippen molar-refractivity contribution in [3.63, 3.8) is 0 Å². The van der Waals surface area contributed by atoms with Crippen LogP contribution in [0.25, 0.3) is 0 Å². The third kappa shape index (κ3) is 28.9. The van der Waals surface area contributed by atoms with Crippen molar-refractivity contribution >= 4 is 47.7 Å². The topological polar surface area (TPSA) is 257 Å². The molecule has 0 aromatic carbocycles. The summed E-state index contributed by atoms with van der Waals surface area (Å²) in [6.07, 6.45) is -1.09. The van der Waals surface area contributed by atoms with Gasteiger partial charge in [-0.3, -0.25) is 24.0 Å². The molecule has 346 valence electrons. The van der Waals surface area contributed by atoms with E-state index in [0.29, 0.717) is 12.8 Å². The van der Waals surface area contributed by atoms with Crippen molar-refractivity contribution in [2.75, 3.05) is 6.54 Å². The van der Waals surface area contributed by atoms with Gasteiger partial charge in [0.15, 0.2) is 0 Å². The summed E-state index contributed by atoms with van der Waals surface area (Å²) in [5.74, 6) is -5.17. The van der Waals surface area contributed by atoms with E-state index in [1.54, 1.807) is 104 Å². The fourth-order valence-electron chi connectivity index (χ4n) is 5.04. The summed E-state index contributed by atoms with van der Waals surface area (Å²) in [4.78, 5) is 104. The van der Waals surface area contributed by atoms with E-state index in [2.05, 4.69) is 21.3 Å². The van der Waals surface area contributed by atoms with Gasteiger partial charge >= 0.3 is 30.0 Å². The molecule has 0 aromatic rings. The highest BCUT2D eigenvalue weighted by atomic mass is 16.6. The summed E-state index contributed by atoms with van der Waals surface area (Å²) in [6, 6.07) is -5.15. The van der Waals surface area contributed by atoms with Crippen molar-refractivity contribution in [1.82, 2.24) is 21.3 Å². The second kappa shape index (κ2) is 24.1. The number of rotatable bonds is 21. The predicted octanol–water partition coefficient (Wildman–Crippen LogP) is 4.17. The molecule has 4 atom stereocenters. The van der Waals surface area contributed by atoms with E-state index in [0.717, 1.165) is 0 Å². The zero-order valence-corrected chi connectivity index (χ0v) is 38.8. The molecule has 6 N–H and O–H groups in total. The Labute approximate surface area is 356 Å². The highest BCUT2D eigenvalue weighted by Gasteiger charge is 2.33. The molecule has 0 spiro atoms. The van der Waals surface area contributed by atoms with Crippen LogP contribution in [0, 0.1) is 0 Å². The minimum Gasteiger partial charge on any atom is -0.460 e. The monoisotopic (exact) mass is 858 g/mol. The van der Waals surface area contributed by atoms with E-state index in [1.165, 1.54) is 0 Å². The molecule has 60 heavy (non-hydrogen) atoms. The highest BCUT2D eigenvalue weighted by molar-refractivity contribution is 5.93. The maximum absolute atomic E-state index is 13.9. The lowest BCUT2D eigenvalue weighted by atomic mass is 10.0.